The number of rotatable bonds is 4. The van der Waals surface area contributed by atoms with E-state index in [9.17, 15) is 0 Å². The Hall–Kier alpha value is 0. The molecule has 4 unspecified atom stereocenters. The Balaban J connectivity index is 1.48. The molecule has 0 heteroatoms. The lowest BCUT2D eigenvalue weighted by atomic mass is 9.73. The first-order valence-electron chi connectivity index (χ1n) is 14.8. The Morgan fingerprint density at radius 3 is 1.37 bits per heavy atom. The van der Waals surface area contributed by atoms with Gasteiger partial charge >= 0.3 is 0 Å². The molecule has 3 aliphatic carbocycles. The lowest BCUT2D eigenvalue weighted by molar-refractivity contribution is 0.190. The highest BCUT2D eigenvalue weighted by Crippen LogP contribution is 2.47. The molecular weight excluding hydrogens is 360 g/mol. The van der Waals surface area contributed by atoms with Crippen LogP contribution >= 0.6 is 0 Å². The van der Waals surface area contributed by atoms with Gasteiger partial charge in [0, 0.05) is 0 Å². The third-order valence-electron chi connectivity index (χ3n) is 10.0. The average molecular weight is 417 g/mol. The van der Waals surface area contributed by atoms with Gasteiger partial charge < -0.3 is 0 Å². The summed E-state index contributed by atoms with van der Waals surface area (Å²) in [5.74, 6) is 6.46. The zero-order valence-corrected chi connectivity index (χ0v) is 21.0. The summed E-state index contributed by atoms with van der Waals surface area (Å²) in [5, 5.41) is 0. The average Bonchev–Trinajstić information content (AvgIpc) is 3.27. The third kappa shape index (κ3) is 8.16. The van der Waals surface area contributed by atoms with Gasteiger partial charge in [0.15, 0.2) is 0 Å². The van der Waals surface area contributed by atoms with Gasteiger partial charge in [-0.3, -0.25) is 0 Å². The quantitative estimate of drug-likeness (QED) is 0.427. The van der Waals surface area contributed by atoms with E-state index in [1.807, 2.05) is 0 Å². The Bertz CT molecular complexity index is 418. The Kier molecular flexibility index (Phi) is 11.7. The number of hydrogen-bond acceptors (Lipinski definition) is 0. The molecule has 0 nitrogen and oxygen atoms in total. The summed E-state index contributed by atoms with van der Waals surface area (Å²) >= 11 is 0. The van der Waals surface area contributed by atoms with E-state index in [0.29, 0.717) is 0 Å². The fraction of sp³-hybridized carbons (Fsp3) is 1.00. The topological polar surface area (TPSA) is 0 Å². The highest BCUT2D eigenvalue weighted by atomic mass is 14.4. The summed E-state index contributed by atoms with van der Waals surface area (Å²) in [6.07, 6.45) is 33.7. The lowest BCUT2D eigenvalue weighted by Gasteiger charge is -2.32. The molecule has 3 aliphatic rings. The van der Waals surface area contributed by atoms with E-state index in [2.05, 4.69) is 13.8 Å². The maximum atomic E-state index is 2.45. The van der Waals surface area contributed by atoms with Crippen molar-refractivity contribution in [3.8, 4) is 0 Å². The van der Waals surface area contributed by atoms with Crippen LogP contribution in [0.25, 0.3) is 0 Å². The van der Waals surface area contributed by atoms with Crippen LogP contribution in [-0.2, 0) is 0 Å². The summed E-state index contributed by atoms with van der Waals surface area (Å²) in [7, 11) is 0. The van der Waals surface area contributed by atoms with Gasteiger partial charge in [-0.25, -0.2) is 0 Å². The molecule has 0 aromatic rings. The van der Waals surface area contributed by atoms with Crippen molar-refractivity contribution in [2.75, 3.05) is 0 Å². The predicted octanol–water partition coefficient (Wildman–Crippen LogP) is 10.3. The van der Waals surface area contributed by atoms with Crippen molar-refractivity contribution in [2.24, 2.45) is 35.5 Å². The van der Waals surface area contributed by atoms with Crippen LogP contribution < -0.4 is 0 Å². The van der Waals surface area contributed by atoms with Crippen LogP contribution in [0.3, 0.4) is 0 Å². The van der Waals surface area contributed by atoms with E-state index in [4.69, 9.17) is 0 Å². The van der Waals surface area contributed by atoms with Gasteiger partial charge in [0.25, 0.3) is 0 Å². The van der Waals surface area contributed by atoms with Gasteiger partial charge in [-0.05, 0) is 67.6 Å². The van der Waals surface area contributed by atoms with Crippen LogP contribution in [0.4, 0.5) is 0 Å². The Labute approximate surface area is 190 Å². The van der Waals surface area contributed by atoms with Crippen LogP contribution in [0.2, 0.25) is 0 Å². The molecule has 30 heavy (non-hydrogen) atoms. The van der Waals surface area contributed by atoms with Crippen LogP contribution in [0.15, 0.2) is 0 Å². The summed E-state index contributed by atoms with van der Waals surface area (Å²) in [4.78, 5) is 0. The van der Waals surface area contributed by atoms with Crippen LogP contribution in [0.1, 0.15) is 155 Å². The molecule has 0 aromatic heterocycles. The fourth-order valence-corrected chi connectivity index (χ4v) is 7.71. The molecule has 0 aromatic carbocycles. The van der Waals surface area contributed by atoms with Crippen molar-refractivity contribution in [3.05, 3.63) is 0 Å². The second-order valence-electron chi connectivity index (χ2n) is 11.9. The normalized spacial score (nSPS) is 38.6. The molecule has 0 N–H and O–H groups in total. The molecule has 176 valence electrons. The van der Waals surface area contributed by atoms with E-state index in [-0.39, 0.29) is 0 Å². The zero-order valence-electron chi connectivity index (χ0n) is 21.0. The molecule has 0 spiro atoms. The summed E-state index contributed by atoms with van der Waals surface area (Å²) < 4.78 is 0. The number of hydrogen-bond donors (Lipinski definition) is 0. The van der Waals surface area contributed by atoms with Crippen molar-refractivity contribution in [2.45, 2.75) is 155 Å². The first-order chi connectivity index (χ1) is 14.8. The molecule has 0 radical (unpaired) electrons. The van der Waals surface area contributed by atoms with Crippen LogP contribution in [-0.4, -0.2) is 0 Å². The maximum Gasteiger partial charge on any atom is -0.0383 e. The minimum atomic E-state index is 1.03. The molecule has 0 saturated heterocycles. The first-order valence-corrected chi connectivity index (χ1v) is 14.8. The van der Waals surface area contributed by atoms with E-state index in [0.717, 1.165) is 35.5 Å². The van der Waals surface area contributed by atoms with Crippen molar-refractivity contribution in [3.63, 3.8) is 0 Å². The standard InChI is InChI=1S/C30H56/c1-3-25-14-11-9-7-5-6-8-10-12-16-27(17-13-15-25)29-22-23-30(24-29)28-20-18-26(4-2)19-21-28/h25-30H,3-24H2,1-2H3. The minimum absolute atomic E-state index is 1.03. The zero-order chi connectivity index (χ0) is 21.0. The molecule has 4 atom stereocenters. The smallest absolute Gasteiger partial charge is 0.0383 e. The highest BCUT2D eigenvalue weighted by Gasteiger charge is 2.35. The van der Waals surface area contributed by atoms with Gasteiger partial charge in [-0.1, -0.05) is 123 Å². The van der Waals surface area contributed by atoms with Gasteiger partial charge in [-0.2, -0.15) is 0 Å². The molecule has 0 bridgehead atoms. The van der Waals surface area contributed by atoms with Gasteiger partial charge in [0.05, 0.1) is 0 Å². The highest BCUT2D eigenvalue weighted by molar-refractivity contribution is 4.87. The fourth-order valence-electron chi connectivity index (χ4n) is 7.71. The molecule has 0 heterocycles. The largest absolute Gasteiger partial charge is 0.0651 e. The van der Waals surface area contributed by atoms with E-state index >= 15 is 0 Å². The summed E-state index contributed by atoms with van der Waals surface area (Å²) in [6, 6.07) is 0. The molecule has 3 fully saturated rings. The van der Waals surface area contributed by atoms with Crippen molar-refractivity contribution >= 4 is 0 Å². The van der Waals surface area contributed by atoms with Gasteiger partial charge in [0.1, 0.15) is 0 Å². The Morgan fingerprint density at radius 2 is 0.767 bits per heavy atom. The summed E-state index contributed by atoms with van der Waals surface area (Å²) in [5.41, 5.74) is 0. The molecule has 0 amide bonds. The monoisotopic (exact) mass is 416 g/mol. The SMILES string of the molecule is CCC1CCCCCCCCCCC(C2CCC(C3CCC(CC)CC3)C2)CCC1. The van der Waals surface area contributed by atoms with Crippen molar-refractivity contribution in [1.29, 1.82) is 0 Å². The second kappa shape index (κ2) is 14.2. The van der Waals surface area contributed by atoms with Crippen LogP contribution in [0, 0.1) is 35.5 Å². The van der Waals surface area contributed by atoms with Gasteiger partial charge in [0.2, 0.25) is 0 Å². The molecule has 0 aliphatic heterocycles. The third-order valence-corrected chi connectivity index (χ3v) is 10.0. The van der Waals surface area contributed by atoms with Crippen molar-refractivity contribution in [1.82, 2.24) is 0 Å². The second-order valence-corrected chi connectivity index (χ2v) is 11.9. The lowest BCUT2D eigenvalue weighted by Crippen LogP contribution is -2.21. The summed E-state index contributed by atoms with van der Waals surface area (Å²) in [6.45, 7) is 4.86. The van der Waals surface area contributed by atoms with E-state index in [1.165, 1.54) is 83.5 Å². The minimum Gasteiger partial charge on any atom is -0.0651 e. The van der Waals surface area contributed by atoms with E-state index < -0.39 is 0 Å². The van der Waals surface area contributed by atoms with Crippen LogP contribution in [0.5, 0.6) is 0 Å². The molecule has 3 rings (SSSR count). The molecule has 3 saturated carbocycles. The maximum absolute atomic E-state index is 2.45. The van der Waals surface area contributed by atoms with E-state index in [1.54, 1.807) is 57.8 Å². The van der Waals surface area contributed by atoms with Gasteiger partial charge in [-0.15, -0.1) is 0 Å². The predicted molar refractivity (Wildman–Crippen MR) is 134 cm³/mol. The molecular formula is C30H56. The van der Waals surface area contributed by atoms with Crippen molar-refractivity contribution < 1.29 is 0 Å². The first kappa shape index (κ1) is 24.6. The Morgan fingerprint density at radius 1 is 0.367 bits per heavy atom.